The van der Waals surface area contributed by atoms with E-state index in [1.165, 1.54) is 28.5 Å². The summed E-state index contributed by atoms with van der Waals surface area (Å²) in [5, 5.41) is 19.2. The van der Waals surface area contributed by atoms with E-state index < -0.39 is 0 Å². The molecule has 0 saturated heterocycles. The highest BCUT2D eigenvalue weighted by atomic mass is 32.2. The summed E-state index contributed by atoms with van der Waals surface area (Å²) >= 11 is 1.48. The molecule has 0 spiro atoms. The molecule has 4 rings (SSSR count). The Kier molecular flexibility index (Phi) is 7.48. The molecular formula is C29H28N2OS. The van der Waals surface area contributed by atoms with Gasteiger partial charge in [-0.3, -0.25) is 5.41 Å². The molecule has 0 fully saturated rings. The van der Waals surface area contributed by atoms with Crippen LogP contribution in [0.5, 0.6) is 5.75 Å². The van der Waals surface area contributed by atoms with Gasteiger partial charge >= 0.3 is 0 Å². The smallest absolute Gasteiger partial charge is 0.161 e. The Bertz CT molecular complexity index is 1120. The Morgan fingerprint density at radius 3 is 1.88 bits per heavy atom. The summed E-state index contributed by atoms with van der Waals surface area (Å²) in [6.45, 7) is 3.34. The average Bonchev–Trinajstić information content (AvgIpc) is 2.85. The van der Waals surface area contributed by atoms with E-state index in [9.17, 15) is 5.11 Å². The fraction of sp³-hybridized carbons (Fsp3) is 0.138. The van der Waals surface area contributed by atoms with Crippen molar-refractivity contribution in [1.82, 2.24) is 4.90 Å². The lowest BCUT2D eigenvalue weighted by Gasteiger charge is -2.30. The van der Waals surface area contributed by atoms with Crippen LogP contribution in [0.25, 0.3) is 0 Å². The Morgan fingerprint density at radius 1 is 0.788 bits per heavy atom. The highest BCUT2D eigenvalue weighted by Crippen LogP contribution is 2.29. The number of hydrogen-bond acceptors (Lipinski definition) is 3. The summed E-state index contributed by atoms with van der Waals surface area (Å²) in [6.07, 6.45) is 0. The minimum atomic E-state index is 0.128. The molecule has 0 radical (unpaired) electrons. The monoisotopic (exact) mass is 452 g/mol. The van der Waals surface area contributed by atoms with E-state index in [2.05, 4.69) is 84.6 Å². The molecule has 0 unspecified atom stereocenters. The summed E-state index contributed by atoms with van der Waals surface area (Å²) in [4.78, 5) is 3.18. The number of rotatable bonds is 7. The highest BCUT2D eigenvalue weighted by Gasteiger charge is 2.21. The lowest BCUT2D eigenvalue weighted by molar-refractivity contribution is 0.401. The third-order valence-electron chi connectivity index (χ3n) is 5.64. The van der Waals surface area contributed by atoms with Gasteiger partial charge in [-0.15, -0.1) is 0 Å². The number of thioether (sulfide) groups is 1. The van der Waals surface area contributed by atoms with Gasteiger partial charge in [0.15, 0.2) is 5.17 Å². The Hall–Kier alpha value is -3.50. The number of hydrogen-bond donors (Lipinski definition) is 2. The average molecular weight is 453 g/mol. The number of nitrogens with zero attached hydrogens (tertiary/aromatic N) is 1. The van der Waals surface area contributed by atoms with Crippen molar-refractivity contribution in [1.29, 1.82) is 5.41 Å². The zero-order valence-corrected chi connectivity index (χ0v) is 19.5. The second-order valence-corrected chi connectivity index (χ2v) is 9.20. The minimum Gasteiger partial charge on any atom is -0.508 e. The van der Waals surface area contributed by atoms with Crippen LogP contribution in [-0.4, -0.2) is 21.7 Å². The topological polar surface area (TPSA) is 47.3 Å². The van der Waals surface area contributed by atoms with E-state index in [1.54, 1.807) is 12.1 Å². The molecule has 0 amide bonds. The van der Waals surface area contributed by atoms with Gasteiger partial charge in [0.25, 0.3) is 0 Å². The van der Waals surface area contributed by atoms with Crippen LogP contribution >= 0.6 is 11.8 Å². The van der Waals surface area contributed by atoms with Gasteiger partial charge in [0.2, 0.25) is 0 Å². The maximum atomic E-state index is 9.70. The zero-order valence-electron chi connectivity index (χ0n) is 18.7. The van der Waals surface area contributed by atoms with Crippen LogP contribution in [0.4, 0.5) is 0 Å². The SMILES string of the molecule is Cc1ccc(SC(=N)N(Cc2ccc(O)cc2)CC(c2ccccc2)c2ccccc2)cc1. The van der Waals surface area contributed by atoms with Crippen molar-refractivity contribution in [3.8, 4) is 5.75 Å². The number of aromatic hydroxyl groups is 1. The Morgan fingerprint density at radius 2 is 1.33 bits per heavy atom. The van der Waals surface area contributed by atoms with Crippen molar-refractivity contribution in [3.05, 3.63) is 131 Å². The molecule has 4 heteroatoms. The van der Waals surface area contributed by atoms with Gasteiger partial charge in [-0.1, -0.05) is 102 Å². The van der Waals surface area contributed by atoms with Crippen molar-refractivity contribution >= 4 is 16.9 Å². The molecule has 0 aliphatic carbocycles. The second kappa shape index (κ2) is 10.9. The first-order chi connectivity index (χ1) is 16.1. The first kappa shape index (κ1) is 22.7. The van der Waals surface area contributed by atoms with Crippen molar-refractivity contribution in [2.24, 2.45) is 0 Å². The summed E-state index contributed by atoms with van der Waals surface area (Å²) in [7, 11) is 0. The van der Waals surface area contributed by atoms with Gasteiger partial charge in [-0.2, -0.15) is 0 Å². The minimum absolute atomic E-state index is 0.128. The number of benzene rings is 4. The van der Waals surface area contributed by atoms with Crippen LogP contribution in [0.3, 0.4) is 0 Å². The molecule has 2 N–H and O–H groups in total. The largest absolute Gasteiger partial charge is 0.508 e. The number of phenolic OH excluding ortho intramolecular Hbond substituents is 1. The van der Waals surface area contributed by atoms with Crippen LogP contribution < -0.4 is 0 Å². The predicted molar refractivity (Wildman–Crippen MR) is 138 cm³/mol. The van der Waals surface area contributed by atoms with Crippen LogP contribution in [0, 0.1) is 12.3 Å². The van der Waals surface area contributed by atoms with Crippen molar-refractivity contribution < 1.29 is 5.11 Å². The maximum absolute atomic E-state index is 9.70. The third-order valence-corrected chi connectivity index (χ3v) is 6.60. The third kappa shape index (κ3) is 6.27. The van der Waals surface area contributed by atoms with E-state index >= 15 is 0 Å². The molecule has 0 aliphatic heterocycles. The molecular weight excluding hydrogens is 424 g/mol. The van der Waals surface area contributed by atoms with Gasteiger partial charge in [-0.25, -0.2) is 0 Å². The fourth-order valence-corrected chi connectivity index (χ4v) is 4.58. The summed E-state index contributed by atoms with van der Waals surface area (Å²) in [6, 6.07) is 36.6. The lowest BCUT2D eigenvalue weighted by Crippen LogP contribution is -2.32. The van der Waals surface area contributed by atoms with Gasteiger partial charge < -0.3 is 10.0 Å². The van der Waals surface area contributed by atoms with Crippen LogP contribution in [-0.2, 0) is 6.54 Å². The van der Waals surface area contributed by atoms with Gasteiger partial charge in [0, 0.05) is 23.9 Å². The number of amidine groups is 1. The van der Waals surface area contributed by atoms with Gasteiger partial charge in [0.05, 0.1) is 0 Å². The molecule has 0 aliphatic rings. The normalized spacial score (nSPS) is 10.8. The Labute approximate surface area is 200 Å². The number of phenols is 1. The van der Waals surface area contributed by atoms with E-state index in [0.717, 1.165) is 10.5 Å². The van der Waals surface area contributed by atoms with E-state index in [0.29, 0.717) is 18.3 Å². The van der Waals surface area contributed by atoms with Gasteiger partial charge in [-0.05, 0) is 47.9 Å². The van der Waals surface area contributed by atoms with E-state index in [4.69, 9.17) is 5.41 Å². The summed E-state index contributed by atoms with van der Waals surface area (Å²) < 4.78 is 0. The molecule has 0 saturated carbocycles. The molecule has 166 valence electrons. The molecule has 0 bridgehead atoms. The van der Waals surface area contributed by atoms with E-state index in [1.807, 2.05) is 24.3 Å². The zero-order chi connectivity index (χ0) is 23.0. The molecule has 0 atom stereocenters. The summed E-state index contributed by atoms with van der Waals surface area (Å²) in [5.74, 6) is 0.379. The number of nitrogens with one attached hydrogen (secondary N) is 1. The summed E-state index contributed by atoms with van der Waals surface area (Å²) in [5.41, 5.74) is 4.72. The van der Waals surface area contributed by atoms with Crippen LogP contribution in [0.15, 0.2) is 114 Å². The fourth-order valence-electron chi connectivity index (χ4n) is 3.82. The highest BCUT2D eigenvalue weighted by molar-refractivity contribution is 8.13. The van der Waals surface area contributed by atoms with Crippen molar-refractivity contribution in [3.63, 3.8) is 0 Å². The van der Waals surface area contributed by atoms with Crippen molar-refractivity contribution in [2.75, 3.05) is 6.54 Å². The van der Waals surface area contributed by atoms with Crippen LogP contribution in [0.2, 0.25) is 0 Å². The standard InChI is InChI=1S/C29H28N2OS/c1-22-12-18-27(19-13-22)33-29(30)31(20-23-14-16-26(32)17-15-23)21-28(24-8-4-2-5-9-24)25-10-6-3-7-11-25/h2-19,28,30,32H,20-21H2,1H3. The Balaban J connectivity index is 1.64. The predicted octanol–water partition coefficient (Wildman–Crippen LogP) is 7.06. The molecule has 3 nitrogen and oxygen atoms in total. The molecule has 33 heavy (non-hydrogen) atoms. The van der Waals surface area contributed by atoms with E-state index in [-0.39, 0.29) is 11.7 Å². The van der Waals surface area contributed by atoms with Crippen molar-refractivity contribution in [2.45, 2.75) is 24.3 Å². The second-order valence-electron chi connectivity index (χ2n) is 8.14. The lowest BCUT2D eigenvalue weighted by atomic mass is 9.91. The maximum Gasteiger partial charge on any atom is 0.161 e. The molecule has 0 aromatic heterocycles. The molecule has 4 aromatic rings. The molecule has 4 aromatic carbocycles. The van der Waals surface area contributed by atoms with Crippen LogP contribution in [0.1, 0.15) is 28.2 Å². The quantitative estimate of drug-likeness (QED) is 0.179. The van der Waals surface area contributed by atoms with Gasteiger partial charge in [0.1, 0.15) is 5.75 Å². The first-order valence-electron chi connectivity index (χ1n) is 11.0. The molecule has 0 heterocycles. The first-order valence-corrected chi connectivity index (χ1v) is 11.9. The number of aryl methyl sites for hydroxylation is 1.